The van der Waals surface area contributed by atoms with Crippen molar-refractivity contribution in [2.24, 2.45) is 17.8 Å². The summed E-state index contributed by atoms with van der Waals surface area (Å²) in [6.07, 6.45) is 1.84. The van der Waals surface area contributed by atoms with Crippen molar-refractivity contribution in [2.45, 2.75) is 37.3 Å². The Hall–Kier alpha value is -2.88. The molecular weight excluding hydrogens is 404 g/mol. The Morgan fingerprint density at radius 3 is 2.56 bits per heavy atom. The van der Waals surface area contributed by atoms with Crippen molar-refractivity contribution >= 4 is 5.78 Å². The Morgan fingerprint density at radius 2 is 1.84 bits per heavy atom. The average Bonchev–Trinajstić information content (AvgIpc) is 3.24. The minimum Gasteiger partial charge on any atom is -0.496 e. The fraction of sp³-hybridized carbons (Fsp3) is 0.462. The highest BCUT2D eigenvalue weighted by molar-refractivity contribution is 5.87. The summed E-state index contributed by atoms with van der Waals surface area (Å²) in [6.45, 7) is 0.542. The molecule has 2 aromatic rings. The number of ether oxygens (including phenoxy) is 2. The molecule has 2 fully saturated rings. The zero-order valence-corrected chi connectivity index (χ0v) is 18.6. The van der Waals surface area contributed by atoms with Gasteiger partial charge in [-0.2, -0.15) is 5.26 Å². The van der Waals surface area contributed by atoms with E-state index in [2.05, 4.69) is 11.4 Å². The highest BCUT2D eigenvalue weighted by atomic mass is 16.5. The maximum absolute atomic E-state index is 13.4. The molecule has 6 heteroatoms. The van der Waals surface area contributed by atoms with Crippen molar-refractivity contribution < 1.29 is 19.4 Å². The quantitative estimate of drug-likeness (QED) is 0.695. The zero-order valence-electron chi connectivity index (χ0n) is 18.6. The summed E-state index contributed by atoms with van der Waals surface area (Å²) >= 11 is 0. The highest BCUT2D eigenvalue weighted by Gasteiger charge is 2.55. The van der Waals surface area contributed by atoms with Gasteiger partial charge in [0.2, 0.25) is 0 Å². The lowest BCUT2D eigenvalue weighted by molar-refractivity contribution is -0.124. The summed E-state index contributed by atoms with van der Waals surface area (Å²) in [5, 5.41) is 24.8. The van der Waals surface area contributed by atoms with Crippen LogP contribution in [0.15, 0.2) is 48.5 Å². The van der Waals surface area contributed by atoms with Crippen LogP contribution in [0.2, 0.25) is 0 Å². The number of fused-ring (bicyclic) bond motifs is 1. The molecule has 2 aromatic carbocycles. The first-order valence-corrected chi connectivity index (χ1v) is 11.1. The van der Waals surface area contributed by atoms with Gasteiger partial charge in [0.05, 0.1) is 31.9 Å². The van der Waals surface area contributed by atoms with E-state index < -0.39 is 5.60 Å². The number of para-hydroxylation sites is 2. The molecule has 6 nitrogen and oxygen atoms in total. The number of methoxy groups -OCH3 is 2. The Balaban J connectivity index is 1.65. The number of nitriles is 1. The van der Waals surface area contributed by atoms with Crippen molar-refractivity contribution in [1.82, 2.24) is 5.32 Å². The van der Waals surface area contributed by atoms with Crippen LogP contribution in [0.5, 0.6) is 11.5 Å². The fourth-order valence-electron chi connectivity index (χ4n) is 5.77. The van der Waals surface area contributed by atoms with Crippen molar-refractivity contribution in [3.63, 3.8) is 0 Å². The molecule has 1 aliphatic heterocycles. The molecule has 2 aliphatic rings. The second kappa shape index (κ2) is 9.32. The number of ketones is 1. The predicted octanol–water partition coefficient (Wildman–Crippen LogP) is 3.23. The van der Waals surface area contributed by atoms with Gasteiger partial charge in [-0.3, -0.25) is 4.79 Å². The van der Waals surface area contributed by atoms with Gasteiger partial charge in [0.1, 0.15) is 11.5 Å². The first kappa shape index (κ1) is 22.3. The lowest BCUT2D eigenvalue weighted by Gasteiger charge is -2.46. The summed E-state index contributed by atoms with van der Waals surface area (Å²) in [4.78, 5) is 13.4. The van der Waals surface area contributed by atoms with Gasteiger partial charge in [-0.15, -0.1) is 0 Å². The Labute approximate surface area is 189 Å². The molecule has 1 heterocycles. The Bertz CT molecular complexity index is 1020. The lowest BCUT2D eigenvalue weighted by atomic mass is 9.61. The van der Waals surface area contributed by atoms with Gasteiger partial charge in [0.25, 0.3) is 0 Å². The van der Waals surface area contributed by atoms with E-state index in [4.69, 9.17) is 9.47 Å². The second-order valence-corrected chi connectivity index (χ2v) is 8.90. The van der Waals surface area contributed by atoms with Gasteiger partial charge in [-0.1, -0.05) is 36.4 Å². The molecule has 1 saturated heterocycles. The molecule has 1 saturated carbocycles. The van der Waals surface area contributed by atoms with Crippen LogP contribution in [0.3, 0.4) is 0 Å². The van der Waals surface area contributed by atoms with E-state index in [1.54, 1.807) is 14.2 Å². The maximum atomic E-state index is 13.4. The molecule has 168 valence electrons. The normalized spacial score (nSPS) is 29.1. The van der Waals surface area contributed by atoms with E-state index in [9.17, 15) is 15.2 Å². The monoisotopic (exact) mass is 434 g/mol. The zero-order chi connectivity index (χ0) is 22.7. The summed E-state index contributed by atoms with van der Waals surface area (Å²) in [5.41, 5.74) is 0.429. The molecule has 0 spiro atoms. The van der Waals surface area contributed by atoms with E-state index in [1.165, 1.54) is 0 Å². The number of carbonyl (C=O) groups is 1. The number of carbonyl (C=O) groups excluding carboxylic acids is 1. The molecule has 2 N–H and O–H groups in total. The molecule has 4 unspecified atom stereocenters. The minimum atomic E-state index is -1.16. The first-order valence-electron chi connectivity index (χ1n) is 11.1. The molecule has 4 rings (SSSR count). The van der Waals surface area contributed by atoms with E-state index >= 15 is 0 Å². The largest absolute Gasteiger partial charge is 0.496 e. The maximum Gasteiger partial charge on any atom is 0.154 e. The summed E-state index contributed by atoms with van der Waals surface area (Å²) in [5.74, 6) is 1.24. The van der Waals surface area contributed by atoms with Gasteiger partial charge in [-0.25, -0.2) is 0 Å². The number of benzene rings is 2. The summed E-state index contributed by atoms with van der Waals surface area (Å²) in [6, 6.07) is 17.0. The topological polar surface area (TPSA) is 91.6 Å². The fourth-order valence-corrected chi connectivity index (χ4v) is 5.77. The smallest absolute Gasteiger partial charge is 0.154 e. The van der Waals surface area contributed by atoms with Gasteiger partial charge >= 0.3 is 0 Å². The second-order valence-electron chi connectivity index (χ2n) is 8.90. The van der Waals surface area contributed by atoms with Gasteiger partial charge in [-0.05, 0) is 36.8 Å². The van der Waals surface area contributed by atoms with E-state index in [0.29, 0.717) is 30.9 Å². The number of hydrogen-bond donors (Lipinski definition) is 2. The lowest BCUT2D eigenvalue weighted by Crippen LogP contribution is -2.48. The number of nitrogens with one attached hydrogen (secondary N) is 1. The van der Waals surface area contributed by atoms with Crippen molar-refractivity contribution in [3.05, 3.63) is 59.7 Å². The van der Waals surface area contributed by atoms with E-state index in [-0.39, 0.29) is 36.0 Å². The van der Waals surface area contributed by atoms with Crippen LogP contribution < -0.4 is 14.8 Å². The Morgan fingerprint density at radius 1 is 1.16 bits per heavy atom. The van der Waals surface area contributed by atoms with Gasteiger partial charge in [0, 0.05) is 36.4 Å². The van der Waals surface area contributed by atoms with Crippen LogP contribution >= 0.6 is 0 Å². The van der Waals surface area contributed by atoms with Crippen LogP contribution in [0, 0.1) is 29.1 Å². The van der Waals surface area contributed by atoms with Gasteiger partial charge < -0.3 is 19.9 Å². The average molecular weight is 435 g/mol. The van der Waals surface area contributed by atoms with E-state index in [0.717, 1.165) is 17.5 Å². The predicted molar refractivity (Wildman–Crippen MR) is 120 cm³/mol. The molecule has 1 aliphatic carbocycles. The Kier molecular flexibility index (Phi) is 6.50. The third-order valence-corrected chi connectivity index (χ3v) is 7.18. The third-order valence-electron chi connectivity index (χ3n) is 7.18. The summed E-state index contributed by atoms with van der Waals surface area (Å²) in [7, 11) is 3.20. The van der Waals surface area contributed by atoms with Crippen molar-refractivity contribution in [3.8, 4) is 17.6 Å². The number of Topliss-reactive ketones (excluding diaryl/α,β-unsaturated/α-hetero) is 1. The number of aliphatic hydroxyl groups is 1. The third kappa shape index (κ3) is 3.99. The van der Waals surface area contributed by atoms with Gasteiger partial charge in [0.15, 0.2) is 5.78 Å². The van der Waals surface area contributed by atoms with E-state index in [1.807, 2.05) is 48.5 Å². The number of hydrogen-bond acceptors (Lipinski definition) is 6. The number of rotatable bonds is 7. The molecule has 0 aromatic heterocycles. The molecule has 32 heavy (non-hydrogen) atoms. The summed E-state index contributed by atoms with van der Waals surface area (Å²) < 4.78 is 11.0. The molecule has 0 bridgehead atoms. The van der Waals surface area contributed by atoms with Crippen LogP contribution in [0.1, 0.15) is 30.4 Å². The molecule has 0 amide bonds. The van der Waals surface area contributed by atoms with Crippen LogP contribution in [-0.2, 0) is 16.8 Å². The van der Waals surface area contributed by atoms with Crippen LogP contribution in [0.25, 0.3) is 0 Å². The number of nitrogens with zero attached hydrogens (tertiary/aromatic N) is 1. The highest BCUT2D eigenvalue weighted by Crippen LogP contribution is 2.52. The molecule has 5 atom stereocenters. The minimum absolute atomic E-state index is 0.0117. The van der Waals surface area contributed by atoms with Crippen molar-refractivity contribution in [2.75, 3.05) is 20.8 Å². The standard InChI is InChI=1S/C26H30N2O4/c1-31-23-9-5-3-7-18(23)14-22(29)25-19-13-17(11-12-27)15-26(30,21(19)16-28-25)20-8-4-6-10-24(20)32-2/h3-10,17,19,21,25,28,30H,11,13-16H2,1-2H3/t17?,19-,21?,25?,26?/m1/s1. The van der Waals surface area contributed by atoms with Crippen LogP contribution in [0.4, 0.5) is 0 Å². The molecule has 0 radical (unpaired) electrons. The SMILES string of the molecule is COc1ccccc1CC(=O)C1NCC2[C@H]1CC(CC#N)CC2(O)c1ccccc1OC. The molecular formula is C26H30N2O4. The first-order chi connectivity index (χ1) is 15.5. The van der Waals surface area contributed by atoms with Crippen molar-refractivity contribution in [1.29, 1.82) is 5.26 Å². The van der Waals surface area contributed by atoms with Crippen LogP contribution in [-0.4, -0.2) is 37.7 Å².